The average Bonchev–Trinajstić information content (AvgIpc) is 3.52. The van der Waals surface area contributed by atoms with Gasteiger partial charge in [0.2, 0.25) is 11.9 Å². The molecule has 19 nitrogen and oxygen atoms in total. The van der Waals surface area contributed by atoms with Crippen molar-refractivity contribution in [2.75, 3.05) is 6.61 Å². The average molecular weight is 964 g/mol. The van der Waals surface area contributed by atoms with E-state index in [1.807, 2.05) is 0 Å². The van der Waals surface area contributed by atoms with Crippen molar-refractivity contribution in [3.05, 3.63) is 82.9 Å². The van der Waals surface area contributed by atoms with E-state index in [4.69, 9.17) is 37.9 Å². The third-order valence-corrected chi connectivity index (χ3v) is 14.2. The molecule has 2 aromatic rings. The molecule has 374 valence electrons. The van der Waals surface area contributed by atoms with Crippen LogP contribution in [0.2, 0.25) is 0 Å². The zero-order chi connectivity index (χ0) is 50.8. The number of fused-ring (bicyclic) bond motifs is 5. The first-order chi connectivity index (χ1) is 32.1. The van der Waals surface area contributed by atoms with Crippen molar-refractivity contribution < 1.29 is 86.8 Å². The highest BCUT2D eigenvalue weighted by Gasteiger charge is 2.78. The summed E-state index contributed by atoms with van der Waals surface area (Å²) in [7, 11) is 0. The van der Waals surface area contributed by atoms with Gasteiger partial charge in [0, 0.05) is 39.0 Å². The monoisotopic (exact) mass is 963 g/mol. The van der Waals surface area contributed by atoms with Crippen LogP contribution in [0.5, 0.6) is 0 Å². The molecule has 3 aliphatic carbocycles. The van der Waals surface area contributed by atoms with Gasteiger partial charge < -0.3 is 58.5 Å². The van der Waals surface area contributed by atoms with Gasteiger partial charge in [0.05, 0.1) is 36.0 Å². The molecule has 2 bridgehead atoms. The van der Waals surface area contributed by atoms with E-state index in [-0.39, 0.29) is 35.3 Å². The Morgan fingerprint density at radius 3 is 2.09 bits per heavy atom. The Morgan fingerprint density at radius 2 is 1.54 bits per heavy atom. The smallest absolute Gasteiger partial charge is 0.408 e. The normalized spacial score (nSPS) is 33.0. The minimum absolute atomic E-state index is 0.0352. The molecule has 1 amide bonds. The lowest BCUT2D eigenvalue weighted by Gasteiger charge is -2.67. The summed E-state index contributed by atoms with van der Waals surface area (Å²) in [6, 6.07) is 14.1. The van der Waals surface area contributed by atoms with Gasteiger partial charge in [-0.05, 0) is 63.5 Å². The summed E-state index contributed by atoms with van der Waals surface area (Å²) in [5, 5.41) is 40.7. The van der Waals surface area contributed by atoms with Crippen LogP contribution in [0, 0.1) is 16.7 Å². The molecule has 4 N–H and O–H groups in total. The first kappa shape index (κ1) is 51.1. The highest BCUT2D eigenvalue weighted by molar-refractivity contribution is 5.94. The van der Waals surface area contributed by atoms with Crippen molar-refractivity contribution in [1.29, 1.82) is 0 Å². The fraction of sp³-hybridized carbons (Fsp3) is 0.580. The van der Waals surface area contributed by atoms with Gasteiger partial charge in [-0.1, -0.05) is 62.4 Å². The van der Waals surface area contributed by atoms with E-state index < -0.39 is 143 Å². The molecule has 0 aromatic heterocycles. The molecule has 0 spiro atoms. The number of aliphatic hydroxyl groups excluding tert-OH is 2. The standard InChI is InChI=1S/C50H61NO18/c1-25-30(63-43(59)37(64-33(54)21-29-42(58)68-47(8,9)67-29)35(27-17-13-11-14-18-27)51-44(60)69-45(3,4)5)23-50(61)40(65-41(57)28-19-15-12-16-20-28)38-48(10,39(56)36(55)34(25)46(50,6)7)31(53)22-32-49(38,24-62-32)66-26(2)52/h11-20,29-32,35-38,40,53,55,61H,21-24H2,1-10H3,(H,51,60)/t29?,30-,31-,32+,35-,36+,37+,38?,40-,48+,49-,50+/m0/s1. The summed E-state index contributed by atoms with van der Waals surface area (Å²) >= 11 is 0. The minimum Gasteiger partial charge on any atom is -0.455 e. The van der Waals surface area contributed by atoms with Crippen LogP contribution >= 0.6 is 0 Å². The number of rotatable bonds is 11. The topological polar surface area (TPSA) is 266 Å². The molecule has 12 atom stereocenters. The second-order valence-corrected chi connectivity index (χ2v) is 20.7. The molecule has 4 fully saturated rings. The molecule has 2 aliphatic heterocycles. The number of nitrogens with one attached hydrogen (secondary N) is 1. The number of carbonyl (C=O) groups is 7. The molecule has 19 heteroatoms. The first-order valence-corrected chi connectivity index (χ1v) is 22.8. The Balaban J connectivity index is 1.37. The van der Waals surface area contributed by atoms with Gasteiger partial charge in [-0.25, -0.2) is 19.2 Å². The molecule has 2 aromatic carbocycles. The van der Waals surface area contributed by atoms with Crippen LogP contribution in [0.1, 0.15) is 110 Å². The van der Waals surface area contributed by atoms with E-state index in [0.717, 1.165) is 6.92 Å². The number of Topliss-reactive ketones (excluding diaryl/α,β-unsaturated/α-hetero) is 1. The van der Waals surface area contributed by atoms with E-state index in [1.165, 1.54) is 65.8 Å². The number of cyclic esters (lactones) is 1. The Kier molecular flexibility index (Phi) is 13.5. The van der Waals surface area contributed by atoms with Crippen LogP contribution in [-0.2, 0) is 61.9 Å². The Hall–Kier alpha value is -5.73. The van der Waals surface area contributed by atoms with Crippen molar-refractivity contribution in [1.82, 2.24) is 5.32 Å². The second-order valence-electron chi connectivity index (χ2n) is 20.7. The van der Waals surface area contributed by atoms with E-state index in [1.54, 1.807) is 57.2 Å². The van der Waals surface area contributed by atoms with Crippen molar-refractivity contribution in [3.8, 4) is 0 Å². The molecule has 2 unspecified atom stereocenters. The van der Waals surface area contributed by atoms with Crippen molar-refractivity contribution >= 4 is 41.7 Å². The fourth-order valence-electron chi connectivity index (χ4n) is 10.9. The van der Waals surface area contributed by atoms with Crippen molar-refractivity contribution in [3.63, 3.8) is 0 Å². The molecule has 7 rings (SSSR count). The van der Waals surface area contributed by atoms with Crippen LogP contribution in [-0.4, -0.2) is 129 Å². The molecular formula is C50H61NO18. The number of carbonyl (C=O) groups excluding carboxylic acids is 7. The number of ether oxygens (including phenoxy) is 8. The van der Waals surface area contributed by atoms with Gasteiger partial charge in [-0.3, -0.25) is 14.4 Å². The Bertz CT molecular complexity index is 2410. The third kappa shape index (κ3) is 9.26. The number of amides is 1. The summed E-state index contributed by atoms with van der Waals surface area (Å²) in [4.78, 5) is 97.7. The number of benzene rings is 2. The first-order valence-electron chi connectivity index (χ1n) is 22.8. The quantitative estimate of drug-likeness (QED) is 0.141. The van der Waals surface area contributed by atoms with Gasteiger partial charge in [0.1, 0.15) is 41.7 Å². The highest BCUT2D eigenvalue weighted by atomic mass is 16.8. The maximum Gasteiger partial charge on any atom is 0.408 e. The van der Waals surface area contributed by atoms with E-state index in [0.29, 0.717) is 0 Å². The van der Waals surface area contributed by atoms with Gasteiger partial charge in [-0.2, -0.15) is 0 Å². The highest BCUT2D eigenvalue weighted by Crippen LogP contribution is 2.64. The summed E-state index contributed by atoms with van der Waals surface area (Å²) in [5.74, 6) is -9.06. The summed E-state index contributed by atoms with van der Waals surface area (Å²) in [5.41, 5.74) is -8.93. The summed E-state index contributed by atoms with van der Waals surface area (Å²) in [6.07, 6.45) is -14.4. The minimum atomic E-state index is -2.47. The van der Waals surface area contributed by atoms with Crippen molar-refractivity contribution in [2.45, 2.75) is 160 Å². The number of aliphatic hydroxyl groups is 3. The number of hydrogen-bond donors (Lipinski definition) is 4. The fourth-order valence-corrected chi connectivity index (χ4v) is 10.9. The van der Waals surface area contributed by atoms with Crippen LogP contribution in [0.25, 0.3) is 0 Å². The predicted molar refractivity (Wildman–Crippen MR) is 237 cm³/mol. The lowest BCUT2D eigenvalue weighted by atomic mass is 9.44. The number of ketones is 1. The molecule has 2 saturated carbocycles. The predicted octanol–water partition coefficient (Wildman–Crippen LogP) is 3.88. The second kappa shape index (κ2) is 18.2. The lowest BCUT2D eigenvalue weighted by Crippen LogP contribution is -2.81. The van der Waals surface area contributed by atoms with Crippen LogP contribution in [0.3, 0.4) is 0 Å². The Morgan fingerprint density at radius 1 is 0.913 bits per heavy atom. The number of alkyl carbamates (subject to hydrolysis) is 1. The zero-order valence-corrected chi connectivity index (χ0v) is 40.3. The zero-order valence-electron chi connectivity index (χ0n) is 40.3. The van der Waals surface area contributed by atoms with Gasteiger partial charge in [-0.15, -0.1) is 0 Å². The van der Waals surface area contributed by atoms with Crippen LogP contribution in [0.4, 0.5) is 4.79 Å². The maximum absolute atomic E-state index is 15.2. The SMILES string of the molecule is CC(=O)O[C@@]12CO[C@@H]1C[C@H](O)[C@@]1(C)C(=O)[C@H](O)C3=C(C)[C@@H](OC(=O)[C@H](OC(=O)CC4OC(C)(C)OC4=O)[C@@H](NC(=O)OC(C)(C)C)c4ccccc4)C[C@@](O)([C@@H](OC(=O)c4ccccc4)C12)C3(C)C. The molecular weight excluding hydrogens is 903 g/mol. The molecule has 0 radical (unpaired) electrons. The molecule has 5 aliphatic rings. The largest absolute Gasteiger partial charge is 0.455 e. The molecule has 69 heavy (non-hydrogen) atoms. The molecule has 2 heterocycles. The van der Waals surface area contributed by atoms with Gasteiger partial charge in [0.25, 0.3) is 0 Å². The summed E-state index contributed by atoms with van der Waals surface area (Å²) < 4.78 is 46.7. The number of hydrogen-bond acceptors (Lipinski definition) is 18. The molecule has 2 saturated heterocycles. The van der Waals surface area contributed by atoms with Gasteiger partial charge in [0.15, 0.2) is 17.5 Å². The third-order valence-electron chi connectivity index (χ3n) is 14.2. The van der Waals surface area contributed by atoms with Gasteiger partial charge >= 0.3 is 35.9 Å². The number of esters is 5. The summed E-state index contributed by atoms with van der Waals surface area (Å²) in [6.45, 7) is 14.4. The van der Waals surface area contributed by atoms with E-state index in [2.05, 4.69) is 5.32 Å². The van der Waals surface area contributed by atoms with Crippen LogP contribution in [0.15, 0.2) is 71.8 Å². The maximum atomic E-state index is 15.2. The lowest BCUT2D eigenvalue weighted by molar-refractivity contribution is -0.346. The van der Waals surface area contributed by atoms with E-state index in [9.17, 15) is 39.3 Å². The Labute approximate surface area is 399 Å². The van der Waals surface area contributed by atoms with Crippen LogP contribution < -0.4 is 5.32 Å². The van der Waals surface area contributed by atoms with E-state index >= 15 is 9.59 Å². The van der Waals surface area contributed by atoms with Crippen molar-refractivity contribution in [2.24, 2.45) is 16.7 Å².